The Morgan fingerprint density at radius 3 is 2.60 bits per heavy atom. The smallest absolute Gasteiger partial charge is 0.331 e. The van der Waals surface area contributed by atoms with Crippen molar-refractivity contribution in [2.75, 3.05) is 13.2 Å². The molecule has 1 aliphatic rings. The van der Waals surface area contributed by atoms with Crippen LogP contribution < -0.4 is 5.32 Å². The van der Waals surface area contributed by atoms with Gasteiger partial charge >= 0.3 is 5.97 Å². The first-order chi connectivity index (χ1) is 11.8. The molecule has 2 N–H and O–H groups in total. The first kappa shape index (κ1) is 17.2. The van der Waals surface area contributed by atoms with Gasteiger partial charge in [-0.15, -0.1) is 0 Å². The lowest BCUT2D eigenvalue weighted by Crippen LogP contribution is -2.55. The fraction of sp³-hybridized carbons (Fsp3) is 0.368. The number of carbonyl (C=O) groups excluding carboxylic acids is 1. The summed E-state index contributed by atoms with van der Waals surface area (Å²) in [7, 11) is 0. The van der Waals surface area contributed by atoms with E-state index < -0.39 is 11.5 Å². The SMILES string of the molecule is Cc1cccc(-n2c(C)cc(C(=O)NC3(C(=O)O)CCOC3)c2C)c1. The number of aryl methyl sites for hydroxylation is 2. The second-order valence-electron chi connectivity index (χ2n) is 6.60. The Morgan fingerprint density at radius 2 is 2.00 bits per heavy atom. The molecular formula is C19H22N2O4. The number of nitrogens with zero attached hydrogens (tertiary/aromatic N) is 1. The molecule has 2 heterocycles. The van der Waals surface area contributed by atoms with Gasteiger partial charge in [-0.2, -0.15) is 0 Å². The van der Waals surface area contributed by atoms with Crippen LogP contribution in [0.15, 0.2) is 30.3 Å². The van der Waals surface area contributed by atoms with Gasteiger partial charge in [0, 0.05) is 30.1 Å². The van der Waals surface area contributed by atoms with Gasteiger partial charge in [-0.1, -0.05) is 12.1 Å². The zero-order valence-electron chi connectivity index (χ0n) is 14.6. The number of benzene rings is 1. The van der Waals surface area contributed by atoms with Crippen LogP contribution in [0.25, 0.3) is 5.69 Å². The first-order valence-corrected chi connectivity index (χ1v) is 8.24. The highest BCUT2D eigenvalue weighted by atomic mass is 16.5. The number of hydrogen-bond acceptors (Lipinski definition) is 3. The number of carboxylic acid groups (broad SMARTS) is 1. The summed E-state index contributed by atoms with van der Waals surface area (Å²) >= 11 is 0. The summed E-state index contributed by atoms with van der Waals surface area (Å²) in [6.07, 6.45) is 0.269. The third-order valence-corrected chi connectivity index (χ3v) is 4.72. The average molecular weight is 342 g/mol. The largest absolute Gasteiger partial charge is 0.479 e. The Morgan fingerprint density at radius 1 is 1.24 bits per heavy atom. The minimum Gasteiger partial charge on any atom is -0.479 e. The van der Waals surface area contributed by atoms with Crippen LogP contribution in [0.1, 0.15) is 33.7 Å². The van der Waals surface area contributed by atoms with E-state index in [0.29, 0.717) is 12.2 Å². The number of aromatic nitrogens is 1. The molecule has 0 spiro atoms. The predicted molar refractivity (Wildman–Crippen MR) is 93.2 cm³/mol. The van der Waals surface area contributed by atoms with Crippen molar-refractivity contribution in [2.24, 2.45) is 0 Å². The normalized spacial score (nSPS) is 19.8. The van der Waals surface area contributed by atoms with Gasteiger partial charge < -0.3 is 19.7 Å². The number of ether oxygens (including phenoxy) is 1. The van der Waals surface area contributed by atoms with Gasteiger partial charge in [-0.25, -0.2) is 4.79 Å². The van der Waals surface area contributed by atoms with Crippen molar-refractivity contribution < 1.29 is 19.4 Å². The van der Waals surface area contributed by atoms with E-state index in [1.807, 2.05) is 49.6 Å². The van der Waals surface area contributed by atoms with Crippen molar-refractivity contribution in [3.63, 3.8) is 0 Å². The molecule has 1 atom stereocenters. The molecule has 2 aromatic rings. The summed E-state index contributed by atoms with van der Waals surface area (Å²) in [6.45, 7) is 6.13. The lowest BCUT2D eigenvalue weighted by Gasteiger charge is -2.23. The van der Waals surface area contributed by atoms with Gasteiger partial charge in [0.1, 0.15) is 0 Å². The highest BCUT2D eigenvalue weighted by molar-refractivity contribution is 5.99. The zero-order chi connectivity index (χ0) is 18.2. The highest BCUT2D eigenvalue weighted by Gasteiger charge is 2.44. The van der Waals surface area contributed by atoms with Crippen molar-refractivity contribution >= 4 is 11.9 Å². The molecule has 0 radical (unpaired) electrons. The van der Waals surface area contributed by atoms with E-state index in [1.54, 1.807) is 6.07 Å². The van der Waals surface area contributed by atoms with Gasteiger partial charge in [-0.3, -0.25) is 4.79 Å². The van der Waals surface area contributed by atoms with Crippen LogP contribution in [0.4, 0.5) is 0 Å². The second kappa shape index (κ2) is 6.37. The van der Waals surface area contributed by atoms with E-state index in [2.05, 4.69) is 5.32 Å². The Bertz CT molecular complexity index is 832. The van der Waals surface area contributed by atoms with Crippen LogP contribution in [-0.2, 0) is 9.53 Å². The van der Waals surface area contributed by atoms with Gasteiger partial charge in [0.05, 0.1) is 12.2 Å². The van der Waals surface area contributed by atoms with Gasteiger partial charge in [-0.05, 0) is 44.5 Å². The molecule has 1 aromatic carbocycles. The number of hydrogen-bond donors (Lipinski definition) is 2. The molecule has 1 unspecified atom stereocenters. The molecule has 6 heteroatoms. The van der Waals surface area contributed by atoms with Crippen LogP contribution >= 0.6 is 0 Å². The van der Waals surface area contributed by atoms with Gasteiger partial charge in [0.25, 0.3) is 5.91 Å². The minimum atomic E-state index is -1.34. The van der Waals surface area contributed by atoms with Crippen molar-refractivity contribution in [3.05, 3.63) is 52.8 Å². The lowest BCUT2D eigenvalue weighted by molar-refractivity contribution is -0.144. The topological polar surface area (TPSA) is 80.6 Å². The summed E-state index contributed by atoms with van der Waals surface area (Å²) in [5, 5.41) is 12.2. The second-order valence-corrected chi connectivity index (χ2v) is 6.60. The monoisotopic (exact) mass is 342 g/mol. The Balaban J connectivity index is 1.95. The average Bonchev–Trinajstić information content (AvgIpc) is 3.13. The molecule has 0 aliphatic carbocycles. The van der Waals surface area contributed by atoms with E-state index in [4.69, 9.17) is 4.74 Å². The number of carboxylic acids is 1. The summed E-state index contributed by atoms with van der Waals surface area (Å²) < 4.78 is 7.20. The maximum atomic E-state index is 12.8. The molecule has 132 valence electrons. The predicted octanol–water partition coefficient (Wildman–Crippen LogP) is 2.38. The fourth-order valence-corrected chi connectivity index (χ4v) is 3.33. The fourth-order valence-electron chi connectivity index (χ4n) is 3.33. The molecular weight excluding hydrogens is 320 g/mol. The van der Waals surface area contributed by atoms with Crippen molar-refractivity contribution in [1.82, 2.24) is 9.88 Å². The quantitative estimate of drug-likeness (QED) is 0.894. The van der Waals surface area contributed by atoms with Crippen LogP contribution in [0.2, 0.25) is 0 Å². The molecule has 1 aliphatic heterocycles. The van der Waals surface area contributed by atoms with Crippen molar-refractivity contribution in [2.45, 2.75) is 32.7 Å². The maximum Gasteiger partial charge on any atom is 0.331 e. The van der Waals surface area contributed by atoms with Crippen molar-refractivity contribution in [3.8, 4) is 5.69 Å². The Hall–Kier alpha value is -2.60. The number of aliphatic carboxylic acids is 1. The molecule has 1 amide bonds. The van der Waals surface area contributed by atoms with E-state index >= 15 is 0 Å². The molecule has 25 heavy (non-hydrogen) atoms. The third kappa shape index (κ3) is 3.05. The van der Waals surface area contributed by atoms with Crippen LogP contribution in [0.3, 0.4) is 0 Å². The number of amides is 1. The standard InChI is InChI=1S/C19H22N2O4/c1-12-5-4-6-15(9-12)21-13(2)10-16(14(21)3)17(22)20-19(18(23)24)7-8-25-11-19/h4-6,9-10H,7-8,11H2,1-3H3,(H,20,22)(H,23,24). The zero-order valence-corrected chi connectivity index (χ0v) is 14.6. The highest BCUT2D eigenvalue weighted by Crippen LogP contribution is 2.24. The van der Waals surface area contributed by atoms with E-state index in [1.165, 1.54) is 0 Å². The summed E-state index contributed by atoms with van der Waals surface area (Å²) in [6, 6.07) is 9.81. The molecule has 3 rings (SSSR count). The Labute approximate surface area is 146 Å². The van der Waals surface area contributed by atoms with Crippen molar-refractivity contribution in [1.29, 1.82) is 0 Å². The molecule has 6 nitrogen and oxygen atoms in total. The molecule has 1 saturated heterocycles. The molecule has 0 saturated carbocycles. The van der Waals surface area contributed by atoms with Crippen LogP contribution in [-0.4, -0.2) is 40.3 Å². The van der Waals surface area contributed by atoms with E-state index in [-0.39, 0.29) is 18.9 Å². The first-order valence-electron chi connectivity index (χ1n) is 8.24. The number of rotatable bonds is 4. The summed E-state index contributed by atoms with van der Waals surface area (Å²) in [5.41, 5.74) is 2.94. The van der Waals surface area contributed by atoms with E-state index in [0.717, 1.165) is 22.6 Å². The summed E-state index contributed by atoms with van der Waals surface area (Å²) in [5.74, 6) is -1.45. The van der Waals surface area contributed by atoms with Crippen LogP contribution in [0, 0.1) is 20.8 Å². The minimum absolute atomic E-state index is 0.00923. The van der Waals surface area contributed by atoms with Crippen LogP contribution in [0.5, 0.6) is 0 Å². The molecule has 0 bridgehead atoms. The number of nitrogens with one attached hydrogen (secondary N) is 1. The third-order valence-electron chi connectivity index (χ3n) is 4.72. The van der Waals surface area contributed by atoms with Gasteiger partial charge in [0.15, 0.2) is 5.54 Å². The maximum absolute atomic E-state index is 12.8. The Kier molecular flexibility index (Phi) is 4.39. The molecule has 1 fully saturated rings. The lowest BCUT2D eigenvalue weighted by atomic mass is 9.98. The summed E-state index contributed by atoms with van der Waals surface area (Å²) in [4.78, 5) is 24.4. The van der Waals surface area contributed by atoms with E-state index in [9.17, 15) is 14.7 Å². The molecule has 1 aromatic heterocycles. The van der Waals surface area contributed by atoms with Gasteiger partial charge in [0.2, 0.25) is 0 Å². The number of carbonyl (C=O) groups is 2.